The molecule has 1 fully saturated rings. The molecule has 0 aliphatic carbocycles. The van der Waals surface area contributed by atoms with Crippen molar-refractivity contribution in [1.82, 2.24) is 4.98 Å². The number of aryl methyl sites for hydroxylation is 1. The third-order valence-electron chi connectivity index (χ3n) is 3.49. The van der Waals surface area contributed by atoms with Gasteiger partial charge in [-0.1, -0.05) is 23.9 Å². The van der Waals surface area contributed by atoms with Crippen molar-refractivity contribution in [3.05, 3.63) is 34.7 Å². The Morgan fingerprint density at radius 3 is 2.95 bits per heavy atom. The molecule has 1 aromatic heterocycles. The predicted molar refractivity (Wildman–Crippen MR) is 91.3 cm³/mol. The number of thiazole rings is 1. The van der Waals surface area contributed by atoms with E-state index in [1.165, 1.54) is 11.8 Å². The van der Waals surface area contributed by atoms with Crippen LogP contribution in [0.4, 0.5) is 5.69 Å². The number of anilines is 1. The summed E-state index contributed by atoms with van der Waals surface area (Å²) in [6.45, 7) is 4.11. The molecule has 2 aromatic rings. The molecule has 0 radical (unpaired) electrons. The van der Waals surface area contributed by atoms with Crippen LogP contribution in [0, 0.1) is 6.92 Å². The minimum Gasteiger partial charge on any atom is -0.311 e. The van der Waals surface area contributed by atoms with Crippen molar-refractivity contribution >= 4 is 39.8 Å². The van der Waals surface area contributed by atoms with Gasteiger partial charge in [-0.2, -0.15) is 0 Å². The van der Waals surface area contributed by atoms with E-state index >= 15 is 0 Å². The van der Waals surface area contributed by atoms with Crippen LogP contribution in [0.15, 0.2) is 29.6 Å². The van der Waals surface area contributed by atoms with E-state index in [0.717, 1.165) is 22.0 Å². The molecule has 1 unspecified atom stereocenters. The quantitative estimate of drug-likeness (QED) is 0.863. The number of rotatable bonds is 3. The molecule has 1 aliphatic heterocycles. The van der Waals surface area contributed by atoms with Crippen LogP contribution in [0.1, 0.15) is 18.4 Å². The first-order valence-electron chi connectivity index (χ1n) is 7.03. The smallest absolute Gasteiger partial charge is 0.228 e. The van der Waals surface area contributed by atoms with Crippen LogP contribution < -0.4 is 4.90 Å². The predicted octanol–water partition coefficient (Wildman–Crippen LogP) is 3.50. The summed E-state index contributed by atoms with van der Waals surface area (Å²) >= 11 is 2.87. The summed E-state index contributed by atoms with van der Waals surface area (Å²) in [5.74, 6) is 0.0744. The summed E-state index contributed by atoms with van der Waals surface area (Å²) in [4.78, 5) is 29.7. The lowest BCUT2D eigenvalue weighted by Gasteiger charge is -2.17. The highest BCUT2D eigenvalue weighted by Gasteiger charge is 2.31. The third-order valence-corrected chi connectivity index (χ3v) is 5.25. The van der Waals surface area contributed by atoms with E-state index in [2.05, 4.69) is 4.98 Å². The molecule has 3 rings (SSSR count). The van der Waals surface area contributed by atoms with Crippen molar-refractivity contribution < 1.29 is 9.59 Å². The Hall–Kier alpha value is -1.66. The zero-order chi connectivity index (χ0) is 15.7. The van der Waals surface area contributed by atoms with Crippen molar-refractivity contribution in [2.75, 3.05) is 11.4 Å². The van der Waals surface area contributed by atoms with Gasteiger partial charge < -0.3 is 4.90 Å². The fourth-order valence-corrected chi connectivity index (χ4v) is 4.11. The van der Waals surface area contributed by atoms with Gasteiger partial charge in [0.15, 0.2) is 5.12 Å². The van der Waals surface area contributed by atoms with Gasteiger partial charge in [0.1, 0.15) is 0 Å². The summed E-state index contributed by atoms with van der Waals surface area (Å²) in [7, 11) is 0. The van der Waals surface area contributed by atoms with Gasteiger partial charge in [-0.3, -0.25) is 9.59 Å². The lowest BCUT2D eigenvalue weighted by atomic mass is 10.1. The first-order chi connectivity index (χ1) is 10.5. The number of benzene rings is 1. The third kappa shape index (κ3) is 3.23. The highest BCUT2D eigenvalue weighted by atomic mass is 32.2. The van der Waals surface area contributed by atoms with Crippen molar-refractivity contribution in [3.63, 3.8) is 0 Å². The maximum Gasteiger partial charge on any atom is 0.228 e. The molecule has 0 N–H and O–H groups in total. The van der Waals surface area contributed by atoms with Crippen LogP contribution >= 0.6 is 23.1 Å². The maximum absolute atomic E-state index is 12.2. The van der Waals surface area contributed by atoms with Gasteiger partial charge in [0.25, 0.3) is 0 Å². The number of carbonyl (C=O) groups is 2. The molecule has 0 bridgehead atoms. The molecular formula is C16H16N2O2S2. The number of hydrogen-bond donors (Lipinski definition) is 0. The molecule has 1 aromatic carbocycles. The molecule has 2 heterocycles. The van der Waals surface area contributed by atoms with E-state index in [4.69, 9.17) is 0 Å². The number of thioether (sulfide) groups is 1. The summed E-state index contributed by atoms with van der Waals surface area (Å²) in [5, 5.41) is 3.16. The fourth-order valence-electron chi connectivity index (χ4n) is 2.57. The molecule has 1 amide bonds. The lowest BCUT2D eigenvalue weighted by molar-refractivity contribution is -0.117. The largest absolute Gasteiger partial charge is 0.311 e. The first-order valence-corrected chi connectivity index (χ1v) is 8.79. The zero-order valence-electron chi connectivity index (χ0n) is 12.4. The minimum atomic E-state index is 0.0511. The van der Waals surface area contributed by atoms with Gasteiger partial charge in [-0.15, -0.1) is 11.3 Å². The Morgan fingerprint density at radius 1 is 1.45 bits per heavy atom. The van der Waals surface area contributed by atoms with Gasteiger partial charge in [-0.05, 0) is 19.1 Å². The molecule has 114 valence electrons. The summed E-state index contributed by atoms with van der Waals surface area (Å²) in [6.07, 6.45) is 0.421. The number of amides is 1. The Balaban J connectivity index is 1.83. The highest BCUT2D eigenvalue weighted by molar-refractivity contribution is 8.14. The van der Waals surface area contributed by atoms with Gasteiger partial charge in [0, 0.05) is 41.8 Å². The van der Waals surface area contributed by atoms with Crippen molar-refractivity contribution in [1.29, 1.82) is 0 Å². The Bertz CT molecular complexity index is 726. The maximum atomic E-state index is 12.2. The summed E-state index contributed by atoms with van der Waals surface area (Å²) in [5.41, 5.74) is 2.82. The Morgan fingerprint density at radius 2 is 2.27 bits per heavy atom. The van der Waals surface area contributed by atoms with E-state index < -0.39 is 0 Å². The molecule has 1 atom stereocenters. The van der Waals surface area contributed by atoms with Crippen LogP contribution in [0.5, 0.6) is 0 Å². The molecule has 0 saturated carbocycles. The molecule has 1 aliphatic rings. The number of hydrogen-bond acceptors (Lipinski definition) is 5. The molecule has 22 heavy (non-hydrogen) atoms. The van der Waals surface area contributed by atoms with E-state index in [9.17, 15) is 9.59 Å². The minimum absolute atomic E-state index is 0.0511. The molecule has 0 spiro atoms. The normalized spacial score (nSPS) is 18.0. The van der Waals surface area contributed by atoms with Crippen LogP contribution in [0.2, 0.25) is 0 Å². The average Bonchev–Trinajstić information content (AvgIpc) is 3.05. The summed E-state index contributed by atoms with van der Waals surface area (Å²) < 4.78 is 0. The lowest BCUT2D eigenvalue weighted by Crippen LogP contribution is -2.24. The van der Waals surface area contributed by atoms with E-state index in [-0.39, 0.29) is 16.3 Å². The second-order valence-corrected chi connectivity index (χ2v) is 7.78. The molecular weight excluding hydrogens is 316 g/mol. The number of nitrogens with zero attached hydrogens (tertiary/aromatic N) is 2. The number of aromatic nitrogens is 1. The van der Waals surface area contributed by atoms with E-state index in [1.807, 2.05) is 36.6 Å². The van der Waals surface area contributed by atoms with E-state index in [1.54, 1.807) is 23.2 Å². The zero-order valence-corrected chi connectivity index (χ0v) is 14.0. The van der Waals surface area contributed by atoms with E-state index in [0.29, 0.717) is 13.0 Å². The van der Waals surface area contributed by atoms with Crippen LogP contribution in [-0.4, -0.2) is 27.8 Å². The van der Waals surface area contributed by atoms with Crippen molar-refractivity contribution in [2.45, 2.75) is 25.5 Å². The molecule has 6 heteroatoms. The van der Waals surface area contributed by atoms with Gasteiger partial charge in [-0.25, -0.2) is 4.98 Å². The second-order valence-electron chi connectivity index (χ2n) is 5.24. The van der Waals surface area contributed by atoms with Crippen molar-refractivity contribution in [2.24, 2.45) is 0 Å². The fraction of sp³-hybridized carbons (Fsp3) is 0.312. The summed E-state index contributed by atoms with van der Waals surface area (Å²) in [6, 6.07) is 7.87. The van der Waals surface area contributed by atoms with Gasteiger partial charge in [0.05, 0.1) is 10.7 Å². The molecule has 4 nitrogen and oxygen atoms in total. The SMILES string of the molecule is CC(=O)SC1CC(=O)N(c2cccc(-c3csc(C)n3)c2)C1. The highest BCUT2D eigenvalue weighted by Crippen LogP contribution is 2.31. The second kappa shape index (κ2) is 6.22. The first kappa shape index (κ1) is 15.2. The molecule has 1 saturated heterocycles. The van der Waals surface area contributed by atoms with Gasteiger partial charge in [0.2, 0.25) is 5.91 Å². The average molecular weight is 332 g/mol. The Kier molecular flexibility index (Phi) is 4.31. The van der Waals surface area contributed by atoms with Crippen LogP contribution in [-0.2, 0) is 9.59 Å². The Labute approximate surface area is 137 Å². The topological polar surface area (TPSA) is 50.3 Å². The standard InChI is InChI=1S/C16H16N2O2S2/c1-10-17-15(9-21-10)12-4-3-5-13(6-12)18-8-14(7-16(18)20)22-11(2)19/h3-6,9,14H,7-8H2,1-2H3. The van der Waals surface area contributed by atoms with Crippen LogP contribution in [0.3, 0.4) is 0 Å². The van der Waals surface area contributed by atoms with Gasteiger partial charge >= 0.3 is 0 Å². The van der Waals surface area contributed by atoms with Crippen molar-refractivity contribution in [3.8, 4) is 11.3 Å². The number of carbonyl (C=O) groups excluding carboxylic acids is 2. The van der Waals surface area contributed by atoms with Crippen LogP contribution in [0.25, 0.3) is 11.3 Å². The monoisotopic (exact) mass is 332 g/mol.